The van der Waals surface area contributed by atoms with Gasteiger partial charge in [-0.15, -0.1) is 0 Å². The molecule has 0 spiro atoms. The molecule has 51 heavy (non-hydrogen) atoms. The summed E-state index contributed by atoms with van der Waals surface area (Å²) in [6.07, 6.45) is 7.49. The highest BCUT2D eigenvalue weighted by atomic mass is 16.5. The maximum atomic E-state index is 14.0. The Bertz CT molecular complexity index is 1950. The van der Waals surface area contributed by atoms with Crippen molar-refractivity contribution in [1.29, 1.82) is 0 Å². The highest BCUT2D eigenvalue weighted by Crippen LogP contribution is 2.42. The van der Waals surface area contributed by atoms with E-state index in [2.05, 4.69) is 65.0 Å². The van der Waals surface area contributed by atoms with E-state index in [0.717, 1.165) is 67.9 Å². The van der Waals surface area contributed by atoms with Crippen molar-refractivity contribution in [3.63, 3.8) is 0 Å². The minimum atomic E-state index is -0.137. The van der Waals surface area contributed by atoms with Gasteiger partial charge < -0.3 is 38.3 Å². The summed E-state index contributed by atoms with van der Waals surface area (Å²) in [5.41, 5.74) is 7.51. The number of nitrogens with one attached hydrogen (secondary N) is 1. The van der Waals surface area contributed by atoms with E-state index in [1.165, 1.54) is 16.7 Å². The molecule has 10 heteroatoms. The predicted molar refractivity (Wildman–Crippen MR) is 199 cm³/mol. The van der Waals surface area contributed by atoms with Gasteiger partial charge in [-0.3, -0.25) is 4.79 Å². The Morgan fingerprint density at radius 2 is 1.71 bits per heavy atom. The van der Waals surface area contributed by atoms with Crippen molar-refractivity contribution in [1.82, 2.24) is 19.4 Å². The van der Waals surface area contributed by atoms with Crippen LogP contribution in [0.3, 0.4) is 0 Å². The molecule has 268 valence electrons. The number of amides is 1. The molecule has 7 rings (SSSR count). The molecular weight excluding hydrogens is 642 g/mol. The molecule has 0 radical (unpaired) electrons. The average molecular weight is 692 g/mol. The fourth-order valence-electron chi connectivity index (χ4n) is 7.85. The molecule has 2 aliphatic heterocycles. The van der Waals surface area contributed by atoms with Crippen LogP contribution in [0.4, 0.5) is 5.95 Å². The number of furan rings is 1. The number of anilines is 1. The first-order chi connectivity index (χ1) is 24.8. The Balaban J connectivity index is 1.04. The molecule has 1 atom stereocenters. The quantitative estimate of drug-likeness (QED) is 0.149. The zero-order chi connectivity index (χ0) is 35.5. The molecule has 5 aromatic rings. The SMILES string of the molecule is COc1cc(C(=O)N2CCC(CCN3CCC(Nc4nc5ccccc5n4Cc4ccoc4)CC3)(c3ccc(C)c(C)c3)C2)cc(OC)c1OC. The summed E-state index contributed by atoms with van der Waals surface area (Å²) in [6, 6.07) is 21.0. The summed E-state index contributed by atoms with van der Waals surface area (Å²) in [6.45, 7) is 9.40. The second-order valence-corrected chi connectivity index (χ2v) is 14.1. The number of piperidine rings is 1. The van der Waals surface area contributed by atoms with Crippen LogP contribution in [0.25, 0.3) is 11.0 Å². The van der Waals surface area contributed by atoms with Gasteiger partial charge in [0.25, 0.3) is 5.91 Å². The number of benzene rings is 3. The first kappa shape index (κ1) is 34.5. The van der Waals surface area contributed by atoms with Crippen molar-refractivity contribution >= 4 is 22.9 Å². The maximum absolute atomic E-state index is 14.0. The lowest BCUT2D eigenvalue weighted by atomic mass is 9.75. The summed E-state index contributed by atoms with van der Waals surface area (Å²) in [5, 5.41) is 3.80. The van der Waals surface area contributed by atoms with E-state index >= 15 is 0 Å². The van der Waals surface area contributed by atoms with E-state index < -0.39 is 0 Å². The van der Waals surface area contributed by atoms with Gasteiger partial charge in [0, 0.05) is 48.8 Å². The lowest BCUT2D eigenvalue weighted by Gasteiger charge is -2.36. The summed E-state index contributed by atoms with van der Waals surface area (Å²) in [5.74, 6) is 2.33. The molecule has 4 heterocycles. The molecule has 0 bridgehead atoms. The monoisotopic (exact) mass is 691 g/mol. The molecule has 10 nitrogen and oxygen atoms in total. The number of aryl methyl sites for hydroxylation is 2. The Labute approximate surface area is 300 Å². The van der Waals surface area contributed by atoms with Crippen LogP contribution in [0.2, 0.25) is 0 Å². The fraction of sp³-hybridized carbons (Fsp3) is 0.415. The number of ether oxygens (including phenoxy) is 3. The number of fused-ring (bicyclic) bond motifs is 1. The van der Waals surface area contributed by atoms with Crippen molar-refractivity contribution < 1.29 is 23.4 Å². The van der Waals surface area contributed by atoms with Gasteiger partial charge in [0.15, 0.2) is 11.5 Å². The van der Waals surface area contributed by atoms with Gasteiger partial charge in [0.2, 0.25) is 11.7 Å². The van der Waals surface area contributed by atoms with Crippen LogP contribution in [0.5, 0.6) is 17.2 Å². The number of methoxy groups -OCH3 is 3. The number of rotatable bonds is 12. The minimum Gasteiger partial charge on any atom is -0.493 e. The van der Waals surface area contributed by atoms with E-state index in [9.17, 15) is 4.79 Å². The molecule has 2 aromatic heterocycles. The molecule has 2 aliphatic rings. The highest BCUT2D eigenvalue weighted by Gasteiger charge is 2.42. The number of hydrogen-bond acceptors (Lipinski definition) is 8. The third-order valence-electron chi connectivity index (χ3n) is 11.1. The maximum Gasteiger partial charge on any atom is 0.254 e. The Morgan fingerprint density at radius 3 is 2.39 bits per heavy atom. The summed E-state index contributed by atoms with van der Waals surface area (Å²) < 4.78 is 24.2. The Kier molecular flexibility index (Phi) is 9.95. The van der Waals surface area contributed by atoms with Gasteiger partial charge in [-0.2, -0.15) is 0 Å². The van der Waals surface area contributed by atoms with Crippen LogP contribution < -0.4 is 19.5 Å². The van der Waals surface area contributed by atoms with Crippen LogP contribution >= 0.6 is 0 Å². The van der Waals surface area contributed by atoms with Crippen molar-refractivity contribution in [3.05, 3.63) is 101 Å². The van der Waals surface area contributed by atoms with Crippen LogP contribution in [-0.2, 0) is 12.0 Å². The topological polar surface area (TPSA) is 94.2 Å². The average Bonchev–Trinajstić information content (AvgIpc) is 3.92. The van der Waals surface area contributed by atoms with Gasteiger partial charge in [0.05, 0.1) is 51.4 Å². The third kappa shape index (κ3) is 7.02. The fourth-order valence-corrected chi connectivity index (χ4v) is 7.85. The number of aromatic nitrogens is 2. The number of para-hydroxylation sites is 2. The number of likely N-dealkylation sites (tertiary alicyclic amines) is 2. The molecule has 0 aliphatic carbocycles. The zero-order valence-electron chi connectivity index (χ0n) is 30.4. The largest absolute Gasteiger partial charge is 0.493 e. The first-order valence-corrected chi connectivity index (χ1v) is 17.9. The molecule has 1 N–H and O–H groups in total. The van der Waals surface area contributed by atoms with Gasteiger partial charge in [-0.1, -0.05) is 30.3 Å². The van der Waals surface area contributed by atoms with Gasteiger partial charge in [0.1, 0.15) is 0 Å². The third-order valence-corrected chi connectivity index (χ3v) is 11.1. The summed E-state index contributed by atoms with van der Waals surface area (Å²) in [4.78, 5) is 23.6. The van der Waals surface area contributed by atoms with Crippen LogP contribution in [0.15, 0.2) is 77.6 Å². The van der Waals surface area contributed by atoms with Gasteiger partial charge in [-0.25, -0.2) is 4.98 Å². The highest BCUT2D eigenvalue weighted by molar-refractivity contribution is 5.96. The van der Waals surface area contributed by atoms with Crippen molar-refractivity contribution in [3.8, 4) is 17.2 Å². The Hall–Kier alpha value is -4.96. The molecule has 2 fully saturated rings. The standard InChI is InChI=1S/C41H49N5O5/c1-28-10-11-32(22-29(28)2)41(16-20-45(27-41)39(47)31-23-36(48-3)38(50-5)37(24-31)49-4)15-19-44-17-12-33(13-18-44)42-40-43-34-8-6-7-9-35(34)46(40)25-30-14-21-51-26-30/h6-11,14,21-24,26,33H,12-13,15-20,25,27H2,1-5H3,(H,42,43). The van der Waals surface area contributed by atoms with Gasteiger partial charge >= 0.3 is 0 Å². The van der Waals surface area contributed by atoms with E-state index in [0.29, 0.717) is 48.5 Å². The van der Waals surface area contributed by atoms with E-state index in [4.69, 9.17) is 23.6 Å². The number of carbonyl (C=O) groups is 1. The predicted octanol–water partition coefficient (Wildman–Crippen LogP) is 7.07. The van der Waals surface area contributed by atoms with Gasteiger partial charge in [-0.05, 0) is 93.1 Å². The second-order valence-electron chi connectivity index (χ2n) is 14.1. The summed E-state index contributed by atoms with van der Waals surface area (Å²) in [7, 11) is 4.72. The smallest absolute Gasteiger partial charge is 0.254 e. The lowest BCUT2D eigenvalue weighted by molar-refractivity contribution is 0.0779. The number of nitrogens with zero attached hydrogens (tertiary/aromatic N) is 4. The van der Waals surface area contributed by atoms with Crippen molar-refractivity contribution in [2.45, 2.75) is 57.5 Å². The molecule has 2 saturated heterocycles. The number of carbonyl (C=O) groups excluding carboxylic acids is 1. The van der Waals surface area contributed by atoms with E-state index in [1.807, 2.05) is 17.0 Å². The van der Waals surface area contributed by atoms with E-state index in [1.54, 1.807) is 46.0 Å². The number of imidazole rings is 1. The first-order valence-electron chi connectivity index (χ1n) is 17.9. The summed E-state index contributed by atoms with van der Waals surface area (Å²) >= 11 is 0. The zero-order valence-corrected chi connectivity index (χ0v) is 30.4. The normalized spacial score (nSPS) is 18.3. The van der Waals surface area contributed by atoms with Crippen molar-refractivity contribution in [2.75, 3.05) is 59.4 Å². The minimum absolute atomic E-state index is 0.0226. The van der Waals surface area contributed by atoms with Crippen LogP contribution in [-0.4, -0.2) is 85.4 Å². The van der Waals surface area contributed by atoms with Crippen LogP contribution in [0.1, 0.15) is 58.3 Å². The number of hydrogen-bond donors (Lipinski definition) is 1. The van der Waals surface area contributed by atoms with Crippen LogP contribution in [0, 0.1) is 13.8 Å². The molecule has 0 saturated carbocycles. The molecular formula is C41H49N5O5. The molecule has 1 amide bonds. The second kappa shape index (κ2) is 14.7. The molecule has 1 unspecified atom stereocenters. The van der Waals surface area contributed by atoms with Crippen molar-refractivity contribution in [2.24, 2.45) is 0 Å². The van der Waals surface area contributed by atoms with E-state index in [-0.39, 0.29) is 11.3 Å². The molecule has 3 aromatic carbocycles. The Morgan fingerprint density at radius 1 is 0.941 bits per heavy atom. The lowest BCUT2D eigenvalue weighted by Crippen LogP contribution is -2.42.